The van der Waals surface area contributed by atoms with Crippen LogP contribution >= 0.6 is 0 Å². The molecule has 3 rings (SSSR count). The van der Waals surface area contributed by atoms with E-state index in [0.29, 0.717) is 34.1 Å². The summed E-state index contributed by atoms with van der Waals surface area (Å²) in [7, 11) is 0. The Balaban J connectivity index is 1.88. The van der Waals surface area contributed by atoms with Crippen molar-refractivity contribution in [3.8, 4) is 5.75 Å². The third-order valence-electron chi connectivity index (χ3n) is 4.02. The van der Waals surface area contributed by atoms with Gasteiger partial charge in [-0.3, -0.25) is 14.8 Å². The van der Waals surface area contributed by atoms with Gasteiger partial charge in [-0.25, -0.2) is 5.06 Å². The first kappa shape index (κ1) is 16.2. The maximum Gasteiger partial charge on any atom is 0.248 e. The Labute approximate surface area is 140 Å². The van der Waals surface area contributed by atoms with Crippen LogP contribution in [0.1, 0.15) is 40.9 Å². The van der Waals surface area contributed by atoms with Crippen molar-refractivity contribution in [1.82, 2.24) is 5.06 Å². The van der Waals surface area contributed by atoms with E-state index in [9.17, 15) is 14.8 Å². The van der Waals surface area contributed by atoms with Crippen LogP contribution < -0.4 is 4.74 Å². The van der Waals surface area contributed by atoms with E-state index >= 15 is 0 Å². The molecule has 0 fully saturated rings. The summed E-state index contributed by atoms with van der Waals surface area (Å²) in [5.74, 6) is -0.250. The van der Waals surface area contributed by atoms with Crippen LogP contribution in [-0.4, -0.2) is 22.0 Å². The van der Waals surface area contributed by atoms with Crippen molar-refractivity contribution in [2.24, 2.45) is 5.92 Å². The molecule has 0 spiro atoms. The van der Waals surface area contributed by atoms with Crippen molar-refractivity contribution in [3.63, 3.8) is 0 Å². The Morgan fingerprint density at radius 3 is 2.71 bits per heavy atom. The Kier molecular flexibility index (Phi) is 4.36. The van der Waals surface area contributed by atoms with Gasteiger partial charge in [-0.2, -0.15) is 0 Å². The second-order valence-corrected chi connectivity index (χ2v) is 6.16. The molecule has 2 aromatic carbocycles. The van der Waals surface area contributed by atoms with Gasteiger partial charge in [0.1, 0.15) is 12.4 Å². The van der Waals surface area contributed by atoms with Crippen LogP contribution in [0.3, 0.4) is 0 Å². The number of hydrogen-bond donors (Lipinski definition) is 1. The lowest BCUT2D eigenvalue weighted by Gasteiger charge is -2.18. The highest BCUT2D eigenvalue weighted by Gasteiger charge is 2.23. The summed E-state index contributed by atoms with van der Waals surface area (Å²) in [6, 6.07) is 12.5. The van der Waals surface area contributed by atoms with Crippen LogP contribution in [0.4, 0.5) is 0 Å². The standard InChI is InChI=1S/C19H19NO4/c1-12(2)19(22)20(23)10-13-7-8-16-17(9-13)24-11-14-5-3-4-6-15(14)18(16)21/h3-9,12,23H,10-11H2,1-2H3. The number of fused-ring (bicyclic) bond motifs is 2. The highest BCUT2D eigenvalue weighted by atomic mass is 16.5. The number of ketones is 1. The van der Waals surface area contributed by atoms with E-state index in [2.05, 4.69) is 0 Å². The van der Waals surface area contributed by atoms with Crippen molar-refractivity contribution in [3.05, 3.63) is 64.7 Å². The molecule has 5 heteroatoms. The molecule has 24 heavy (non-hydrogen) atoms. The largest absolute Gasteiger partial charge is 0.488 e. The zero-order valence-electron chi connectivity index (χ0n) is 13.7. The van der Waals surface area contributed by atoms with Crippen molar-refractivity contribution >= 4 is 11.7 Å². The topological polar surface area (TPSA) is 66.8 Å². The van der Waals surface area contributed by atoms with Crippen LogP contribution in [0.15, 0.2) is 42.5 Å². The summed E-state index contributed by atoms with van der Waals surface area (Å²) in [6.45, 7) is 3.81. The number of hydroxylamine groups is 2. The first-order valence-corrected chi connectivity index (χ1v) is 7.86. The molecule has 0 radical (unpaired) electrons. The second-order valence-electron chi connectivity index (χ2n) is 6.16. The summed E-state index contributed by atoms with van der Waals surface area (Å²) < 4.78 is 5.77. The normalized spacial score (nSPS) is 12.9. The van der Waals surface area contributed by atoms with Crippen molar-refractivity contribution in [1.29, 1.82) is 0 Å². The third-order valence-corrected chi connectivity index (χ3v) is 4.02. The Morgan fingerprint density at radius 2 is 1.96 bits per heavy atom. The molecule has 1 heterocycles. The predicted octanol–water partition coefficient (Wildman–Crippen LogP) is 3.18. The van der Waals surface area contributed by atoms with Gasteiger partial charge >= 0.3 is 0 Å². The Bertz CT molecular complexity index is 798. The number of ether oxygens (including phenoxy) is 1. The lowest BCUT2D eigenvalue weighted by molar-refractivity contribution is -0.171. The first-order valence-electron chi connectivity index (χ1n) is 7.86. The molecule has 2 aromatic rings. The van der Waals surface area contributed by atoms with Crippen LogP contribution in [-0.2, 0) is 17.9 Å². The molecule has 5 nitrogen and oxygen atoms in total. The molecular weight excluding hydrogens is 306 g/mol. The van der Waals surface area contributed by atoms with Gasteiger partial charge in [0.2, 0.25) is 5.91 Å². The first-order chi connectivity index (χ1) is 11.5. The fourth-order valence-electron chi connectivity index (χ4n) is 2.69. The second kappa shape index (κ2) is 6.45. The highest BCUT2D eigenvalue weighted by Crippen LogP contribution is 2.29. The van der Waals surface area contributed by atoms with Crippen molar-refractivity contribution in [2.75, 3.05) is 0 Å². The van der Waals surface area contributed by atoms with Gasteiger partial charge in [-0.15, -0.1) is 0 Å². The maximum absolute atomic E-state index is 12.7. The summed E-state index contributed by atoms with van der Waals surface area (Å²) in [5.41, 5.74) is 2.68. The SMILES string of the molecule is CC(C)C(=O)N(O)Cc1ccc2c(c1)OCc1ccccc1C2=O. The number of amides is 1. The minimum Gasteiger partial charge on any atom is -0.488 e. The van der Waals surface area contributed by atoms with E-state index in [1.807, 2.05) is 18.2 Å². The van der Waals surface area contributed by atoms with E-state index in [1.165, 1.54) is 0 Å². The molecule has 1 aliphatic rings. The molecule has 1 N–H and O–H groups in total. The van der Waals surface area contributed by atoms with Gasteiger partial charge in [0.05, 0.1) is 12.1 Å². The molecule has 124 valence electrons. The number of carbonyl (C=O) groups excluding carboxylic acids is 2. The maximum atomic E-state index is 12.7. The van der Waals surface area contributed by atoms with E-state index in [4.69, 9.17) is 4.74 Å². The zero-order valence-corrected chi connectivity index (χ0v) is 13.7. The van der Waals surface area contributed by atoms with Crippen LogP contribution in [0, 0.1) is 5.92 Å². The smallest absolute Gasteiger partial charge is 0.248 e. The monoisotopic (exact) mass is 325 g/mol. The lowest BCUT2D eigenvalue weighted by Crippen LogP contribution is -2.30. The molecule has 0 saturated heterocycles. The van der Waals surface area contributed by atoms with Gasteiger partial charge in [0, 0.05) is 17.0 Å². The Morgan fingerprint density at radius 1 is 1.21 bits per heavy atom. The molecular formula is C19H19NO4. The van der Waals surface area contributed by atoms with Gasteiger partial charge in [-0.05, 0) is 17.7 Å². The molecule has 1 amide bonds. The summed E-state index contributed by atoms with van der Waals surface area (Å²) in [6.07, 6.45) is 0. The molecule has 0 atom stereocenters. The molecule has 0 saturated carbocycles. The summed E-state index contributed by atoms with van der Waals surface area (Å²) >= 11 is 0. The summed E-state index contributed by atoms with van der Waals surface area (Å²) in [4.78, 5) is 24.4. The molecule has 0 bridgehead atoms. The number of carbonyl (C=O) groups is 2. The van der Waals surface area contributed by atoms with E-state index < -0.39 is 0 Å². The summed E-state index contributed by atoms with van der Waals surface area (Å²) in [5, 5.41) is 10.6. The van der Waals surface area contributed by atoms with Crippen LogP contribution in [0.5, 0.6) is 5.75 Å². The molecule has 0 aromatic heterocycles. The van der Waals surface area contributed by atoms with Crippen LogP contribution in [0.2, 0.25) is 0 Å². The minimum absolute atomic E-state index is 0.0504. The van der Waals surface area contributed by atoms with Gasteiger partial charge in [0.15, 0.2) is 5.78 Å². The molecule has 0 aliphatic carbocycles. The number of rotatable bonds is 3. The van der Waals surface area contributed by atoms with Crippen LogP contribution in [0.25, 0.3) is 0 Å². The number of hydrogen-bond acceptors (Lipinski definition) is 4. The average Bonchev–Trinajstić information content (AvgIpc) is 2.71. The minimum atomic E-state index is -0.352. The van der Waals surface area contributed by atoms with E-state index in [1.54, 1.807) is 38.1 Å². The van der Waals surface area contributed by atoms with E-state index in [0.717, 1.165) is 5.56 Å². The molecule has 1 aliphatic heterocycles. The average molecular weight is 325 g/mol. The third kappa shape index (κ3) is 3.03. The van der Waals surface area contributed by atoms with Crippen molar-refractivity contribution < 1.29 is 19.5 Å². The number of nitrogens with zero attached hydrogens (tertiary/aromatic N) is 1. The van der Waals surface area contributed by atoms with Gasteiger partial charge in [0.25, 0.3) is 0 Å². The quantitative estimate of drug-likeness (QED) is 0.695. The van der Waals surface area contributed by atoms with E-state index in [-0.39, 0.29) is 24.2 Å². The highest BCUT2D eigenvalue weighted by molar-refractivity contribution is 6.12. The lowest BCUT2D eigenvalue weighted by atomic mass is 9.98. The van der Waals surface area contributed by atoms with Gasteiger partial charge < -0.3 is 4.74 Å². The Hall–Kier alpha value is -2.66. The number of benzene rings is 2. The zero-order chi connectivity index (χ0) is 17.3. The van der Waals surface area contributed by atoms with Gasteiger partial charge in [-0.1, -0.05) is 44.2 Å². The fourth-order valence-corrected chi connectivity index (χ4v) is 2.69. The fraction of sp³-hybridized carbons (Fsp3) is 0.263. The predicted molar refractivity (Wildman–Crippen MR) is 87.8 cm³/mol. The van der Waals surface area contributed by atoms with Crippen molar-refractivity contribution in [2.45, 2.75) is 27.0 Å². The molecule has 0 unspecified atom stereocenters.